The number of hydrogen-bond acceptors (Lipinski definition) is 9. The van der Waals surface area contributed by atoms with Crippen molar-refractivity contribution >= 4 is 29.5 Å². The van der Waals surface area contributed by atoms with Crippen molar-refractivity contribution in [3.8, 4) is 5.75 Å². The number of phenolic OH excluding ortho intramolecular Hbond substituents is 1. The van der Waals surface area contributed by atoms with Crippen molar-refractivity contribution in [2.24, 2.45) is 0 Å². The van der Waals surface area contributed by atoms with E-state index in [2.05, 4.69) is 0 Å². The van der Waals surface area contributed by atoms with E-state index in [1.807, 2.05) is 0 Å². The smallest absolute Gasteiger partial charge is 0.303 e. The highest BCUT2D eigenvalue weighted by Gasteiger charge is 2.52. The Morgan fingerprint density at radius 2 is 1.46 bits per heavy atom. The molecule has 0 aromatic heterocycles. The second-order valence-corrected chi connectivity index (χ2v) is 8.48. The Bertz CT molecular complexity index is 1070. The highest BCUT2D eigenvalue weighted by Crippen LogP contribution is 2.39. The second-order valence-electron chi connectivity index (χ2n) is 8.08. The molecule has 0 aliphatic carbocycles. The molecular formula is C25H27ClO9. The van der Waals surface area contributed by atoms with E-state index in [4.69, 9.17) is 35.3 Å². The Morgan fingerprint density at radius 1 is 0.886 bits per heavy atom. The molecule has 0 saturated carbocycles. The van der Waals surface area contributed by atoms with Gasteiger partial charge in [-0.1, -0.05) is 35.9 Å². The van der Waals surface area contributed by atoms with E-state index in [1.165, 1.54) is 27.9 Å². The summed E-state index contributed by atoms with van der Waals surface area (Å²) in [5.74, 6) is -1.81. The minimum atomic E-state index is -1.19. The maximum atomic E-state index is 12.0. The SMILES string of the molecule is COC1O[C@@H](c2ccc(Cl)c(Cc3ccc(O)cc3)c2)C(OC(C)=O)C(OC(C)=O)C1OC(C)=O. The predicted octanol–water partition coefficient (Wildman–Crippen LogP) is 3.48. The molecule has 0 radical (unpaired) electrons. The summed E-state index contributed by atoms with van der Waals surface area (Å²) in [5, 5.41) is 10.0. The molecule has 1 saturated heterocycles. The van der Waals surface area contributed by atoms with Crippen LogP contribution in [0.5, 0.6) is 5.75 Å². The van der Waals surface area contributed by atoms with Crippen LogP contribution < -0.4 is 0 Å². The molecule has 9 nitrogen and oxygen atoms in total. The van der Waals surface area contributed by atoms with Gasteiger partial charge in [-0.15, -0.1) is 0 Å². The molecule has 0 bridgehead atoms. The van der Waals surface area contributed by atoms with Crippen molar-refractivity contribution in [3.05, 3.63) is 64.2 Å². The monoisotopic (exact) mass is 506 g/mol. The summed E-state index contributed by atoms with van der Waals surface area (Å²) in [6, 6.07) is 11.9. The van der Waals surface area contributed by atoms with E-state index in [0.717, 1.165) is 11.1 Å². The van der Waals surface area contributed by atoms with Crippen LogP contribution in [-0.2, 0) is 44.5 Å². The van der Waals surface area contributed by atoms with Gasteiger partial charge in [0.1, 0.15) is 11.9 Å². The molecule has 1 N–H and O–H groups in total. The van der Waals surface area contributed by atoms with Crippen molar-refractivity contribution < 1.29 is 43.2 Å². The van der Waals surface area contributed by atoms with Crippen LogP contribution in [-0.4, -0.2) is 54.7 Å². The largest absolute Gasteiger partial charge is 0.508 e. The first-order chi connectivity index (χ1) is 16.6. The van der Waals surface area contributed by atoms with Gasteiger partial charge in [0, 0.05) is 32.9 Å². The number of methoxy groups -OCH3 is 1. The Labute approximate surface area is 207 Å². The van der Waals surface area contributed by atoms with Gasteiger partial charge in [-0.3, -0.25) is 14.4 Å². The fourth-order valence-corrected chi connectivity index (χ4v) is 4.16. The zero-order valence-corrected chi connectivity index (χ0v) is 20.5. The Morgan fingerprint density at radius 3 is 2.03 bits per heavy atom. The average molecular weight is 507 g/mol. The summed E-state index contributed by atoms with van der Waals surface area (Å²) in [4.78, 5) is 35.7. The third-order valence-electron chi connectivity index (χ3n) is 5.36. The van der Waals surface area contributed by atoms with Crippen LogP contribution in [0.1, 0.15) is 43.6 Å². The quantitative estimate of drug-likeness (QED) is 0.444. The van der Waals surface area contributed by atoms with Gasteiger partial charge in [-0.25, -0.2) is 0 Å². The van der Waals surface area contributed by atoms with Crippen molar-refractivity contribution in [2.45, 2.75) is 57.9 Å². The van der Waals surface area contributed by atoms with Gasteiger partial charge in [0.15, 0.2) is 24.6 Å². The number of esters is 3. The van der Waals surface area contributed by atoms with Crippen LogP contribution in [0.4, 0.5) is 0 Å². The molecule has 3 rings (SSSR count). The highest BCUT2D eigenvalue weighted by atomic mass is 35.5. The molecule has 0 amide bonds. The first-order valence-electron chi connectivity index (χ1n) is 10.8. The first-order valence-corrected chi connectivity index (χ1v) is 11.2. The number of benzene rings is 2. The molecule has 1 heterocycles. The van der Waals surface area contributed by atoms with E-state index in [1.54, 1.807) is 42.5 Å². The topological polar surface area (TPSA) is 118 Å². The zero-order chi connectivity index (χ0) is 25.7. The Hall–Kier alpha value is -3.14. The number of carbonyl (C=O) groups excluding carboxylic acids is 3. The van der Waals surface area contributed by atoms with E-state index < -0.39 is 48.6 Å². The maximum Gasteiger partial charge on any atom is 0.303 e. The number of rotatable bonds is 7. The van der Waals surface area contributed by atoms with Gasteiger partial charge >= 0.3 is 17.9 Å². The maximum absolute atomic E-state index is 12.0. The Kier molecular flexibility index (Phi) is 8.71. The fraction of sp³-hybridized carbons (Fsp3) is 0.400. The van der Waals surface area contributed by atoms with E-state index >= 15 is 0 Å². The molecule has 1 aliphatic rings. The van der Waals surface area contributed by atoms with Crippen molar-refractivity contribution in [1.82, 2.24) is 0 Å². The van der Waals surface area contributed by atoms with Gasteiger partial charge in [-0.05, 0) is 41.3 Å². The number of hydrogen-bond donors (Lipinski definition) is 1. The molecule has 1 fully saturated rings. The van der Waals surface area contributed by atoms with E-state index in [0.29, 0.717) is 17.0 Å². The van der Waals surface area contributed by atoms with Crippen molar-refractivity contribution in [1.29, 1.82) is 0 Å². The lowest BCUT2D eigenvalue weighted by atomic mass is 9.91. The first kappa shape index (κ1) is 26.5. The molecule has 10 heteroatoms. The van der Waals surface area contributed by atoms with E-state index in [9.17, 15) is 19.5 Å². The molecule has 4 unspecified atom stereocenters. The van der Waals surface area contributed by atoms with Crippen LogP contribution >= 0.6 is 11.6 Å². The van der Waals surface area contributed by atoms with E-state index in [-0.39, 0.29) is 5.75 Å². The van der Waals surface area contributed by atoms with Crippen LogP contribution in [0.2, 0.25) is 5.02 Å². The summed E-state index contributed by atoms with van der Waals surface area (Å²) < 4.78 is 27.8. The van der Waals surface area contributed by atoms with Gasteiger partial charge in [-0.2, -0.15) is 0 Å². The molecular weight excluding hydrogens is 480 g/mol. The van der Waals surface area contributed by atoms with Gasteiger partial charge < -0.3 is 28.8 Å². The lowest BCUT2D eigenvalue weighted by Crippen LogP contribution is -2.58. The number of halogens is 1. The number of phenols is 1. The number of ether oxygens (including phenoxy) is 5. The van der Waals surface area contributed by atoms with Crippen LogP contribution in [0, 0.1) is 0 Å². The minimum Gasteiger partial charge on any atom is -0.508 e. The summed E-state index contributed by atoms with van der Waals surface area (Å²) in [6.07, 6.45) is -5.11. The van der Waals surface area contributed by atoms with Crippen molar-refractivity contribution in [3.63, 3.8) is 0 Å². The summed E-state index contributed by atoms with van der Waals surface area (Å²) in [7, 11) is 1.35. The molecule has 5 atom stereocenters. The standard InChI is InChI=1S/C25H27ClO9/c1-13(27)32-22-21(35-25(31-4)24(34-15(3)29)23(22)33-14(2)28)17-7-10-20(26)18(12-17)11-16-5-8-19(30)9-6-16/h5-10,12,21-25,30H,11H2,1-4H3/t21-,22?,23?,24?,25?/m0/s1. The van der Waals surface area contributed by atoms with Crippen LogP contribution in [0.3, 0.4) is 0 Å². The lowest BCUT2D eigenvalue weighted by Gasteiger charge is -2.44. The molecule has 2 aromatic rings. The molecule has 2 aromatic carbocycles. The van der Waals surface area contributed by atoms with Crippen molar-refractivity contribution in [2.75, 3.05) is 7.11 Å². The molecule has 1 aliphatic heterocycles. The fourth-order valence-electron chi connectivity index (χ4n) is 3.97. The summed E-state index contributed by atoms with van der Waals surface area (Å²) in [5.41, 5.74) is 2.24. The van der Waals surface area contributed by atoms with Crippen LogP contribution in [0.15, 0.2) is 42.5 Å². The van der Waals surface area contributed by atoms with Gasteiger partial charge in [0.05, 0.1) is 0 Å². The summed E-state index contributed by atoms with van der Waals surface area (Å²) >= 11 is 6.44. The number of carbonyl (C=O) groups is 3. The Balaban J connectivity index is 2.03. The molecule has 35 heavy (non-hydrogen) atoms. The minimum absolute atomic E-state index is 0.151. The van der Waals surface area contributed by atoms with Gasteiger partial charge in [0.2, 0.25) is 0 Å². The predicted molar refractivity (Wildman–Crippen MR) is 124 cm³/mol. The second kappa shape index (κ2) is 11.5. The normalized spacial score (nSPS) is 23.9. The molecule has 188 valence electrons. The third kappa shape index (κ3) is 6.72. The summed E-state index contributed by atoms with van der Waals surface area (Å²) in [6.45, 7) is 3.60. The zero-order valence-electron chi connectivity index (χ0n) is 19.7. The molecule has 0 spiro atoms. The van der Waals surface area contributed by atoms with Gasteiger partial charge in [0.25, 0.3) is 0 Å². The third-order valence-corrected chi connectivity index (χ3v) is 5.73. The number of aromatic hydroxyl groups is 1. The highest BCUT2D eigenvalue weighted by molar-refractivity contribution is 6.31. The average Bonchev–Trinajstić information content (AvgIpc) is 2.78. The van der Waals surface area contributed by atoms with Crippen LogP contribution in [0.25, 0.3) is 0 Å². The lowest BCUT2D eigenvalue weighted by molar-refractivity contribution is -0.300.